The van der Waals surface area contributed by atoms with E-state index in [2.05, 4.69) is 10.6 Å². The van der Waals surface area contributed by atoms with Gasteiger partial charge in [0.15, 0.2) is 0 Å². The largest absolute Gasteiger partial charge is 0.450 e. The molecule has 0 aliphatic rings. The molecule has 0 saturated carbocycles. The lowest BCUT2D eigenvalue weighted by molar-refractivity contribution is 0.143. The van der Waals surface area contributed by atoms with Gasteiger partial charge in [0.2, 0.25) is 0 Å². The smallest absolute Gasteiger partial charge is 0.407 e. The summed E-state index contributed by atoms with van der Waals surface area (Å²) in [6.45, 7) is 5.74. The lowest BCUT2D eigenvalue weighted by atomic mass is 10.1. The van der Waals surface area contributed by atoms with E-state index in [4.69, 9.17) is 9.47 Å². The second-order valence-electron chi connectivity index (χ2n) is 5.51. The van der Waals surface area contributed by atoms with Crippen molar-refractivity contribution in [3.63, 3.8) is 0 Å². The average Bonchev–Trinajstić information content (AvgIpc) is 2.59. The maximum Gasteiger partial charge on any atom is 0.407 e. The highest BCUT2D eigenvalue weighted by molar-refractivity contribution is 5.67. The maximum absolute atomic E-state index is 11.5. The van der Waals surface area contributed by atoms with Crippen LogP contribution in [0.15, 0.2) is 24.3 Å². The third-order valence-corrected chi connectivity index (χ3v) is 3.33. The Hall–Kier alpha value is -2.24. The van der Waals surface area contributed by atoms with Crippen molar-refractivity contribution in [2.45, 2.75) is 52.6 Å². The van der Waals surface area contributed by atoms with Gasteiger partial charge in [-0.2, -0.15) is 0 Å². The Kier molecular flexibility index (Phi) is 10.1. The summed E-state index contributed by atoms with van der Waals surface area (Å²) in [4.78, 5) is 23.0. The molecule has 1 rings (SSSR count). The molecule has 0 atom stereocenters. The number of nitrogens with one attached hydrogen (secondary N) is 2. The van der Waals surface area contributed by atoms with E-state index in [0.29, 0.717) is 26.3 Å². The van der Waals surface area contributed by atoms with Crippen LogP contribution in [0.1, 0.15) is 50.7 Å². The first-order chi connectivity index (χ1) is 11.7. The molecule has 1 aromatic rings. The maximum atomic E-state index is 11.5. The van der Waals surface area contributed by atoms with E-state index in [-0.39, 0.29) is 0 Å². The molecular formula is C18H28N2O4. The number of alkyl carbamates (subject to hydrolysis) is 2. The number of amides is 2. The molecule has 0 heterocycles. The number of rotatable bonds is 10. The second-order valence-corrected chi connectivity index (χ2v) is 5.51. The van der Waals surface area contributed by atoms with Crippen molar-refractivity contribution in [3.05, 3.63) is 35.4 Å². The number of hydrogen-bond acceptors (Lipinski definition) is 4. The fourth-order valence-corrected chi connectivity index (χ4v) is 1.92. The number of benzene rings is 1. The van der Waals surface area contributed by atoms with Crippen molar-refractivity contribution in [2.24, 2.45) is 0 Å². The fourth-order valence-electron chi connectivity index (χ4n) is 1.92. The number of hydrogen-bond donors (Lipinski definition) is 2. The second kappa shape index (κ2) is 12.2. The first kappa shape index (κ1) is 19.8. The Morgan fingerprint density at radius 2 is 1.33 bits per heavy atom. The Morgan fingerprint density at radius 3 is 1.75 bits per heavy atom. The van der Waals surface area contributed by atoms with Crippen LogP contribution in [0.5, 0.6) is 0 Å². The first-order valence-corrected chi connectivity index (χ1v) is 8.54. The SMILES string of the molecule is CCCCOC(=O)NCc1cccc(CNC(=O)OCCCC)c1. The monoisotopic (exact) mass is 336 g/mol. The van der Waals surface area contributed by atoms with Crippen LogP contribution < -0.4 is 10.6 Å². The van der Waals surface area contributed by atoms with Crippen molar-refractivity contribution >= 4 is 12.2 Å². The molecule has 134 valence electrons. The molecular weight excluding hydrogens is 308 g/mol. The Balaban J connectivity index is 2.32. The molecule has 0 bridgehead atoms. The molecule has 24 heavy (non-hydrogen) atoms. The zero-order valence-electron chi connectivity index (χ0n) is 14.6. The quantitative estimate of drug-likeness (QED) is 0.638. The molecule has 1 aromatic carbocycles. The zero-order valence-corrected chi connectivity index (χ0v) is 14.6. The van der Waals surface area contributed by atoms with Crippen molar-refractivity contribution in [1.29, 1.82) is 0 Å². The number of unbranched alkanes of at least 4 members (excludes halogenated alkanes) is 2. The normalized spacial score (nSPS) is 10.1. The highest BCUT2D eigenvalue weighted by Crippen LogP contribution is 2.05. The minimum atomic E-state index is -0.411. The topological polar surface area (TPSA) is 76.7 Å². The summed E-state index contributed by atoms with van der Waals surface area (Å²) in [6.07, 6.45) is 2.89. The summed E-state index contributed by atoms with van der Waals surface area (Å²) >= 11 is 0. The number of carbonyl (C=O) groups is 2. The van der Waals surface area contributed by atoms with Crippen LogP contribution in [-0.2, 0) is 22.6 Å². The lowest BCUT2D eigenvalue weighted by Gasteiger charge is -2.09. The Bertz CT molecular complexity index is 464. The van der Waals surface area contributed by atoms with E-state index in [1.807, 2.05) is 38.1 Å². The molecule has 0 fully saturated rings. The molecule has 0 radical (unpaired) electrons. The van der Waals surface area contributed by atoms with Crippen LogP contribution in [0.4, 0.5) is 9.59 Å². The van der Waals surface area contributed by atoms with E-state index in [0.717, 1.165) is 36.8 Å². The van der Waals surface area contributed by atoms with Crippen LogP contribution in [0, 0.1) is 0 Å². The van der Waals surface area contributed by atoms with E-state index in [9.17, 15) is 9.59 Å². The summed E-state index contributed by atoms with van der Waals surface area (Å²) in [5.41, 5.74) is 1.89. The van der Waals surface area contributed by atoms with Crippen LogP contribution in [0.2, 0.25) is 0 Å². The summed E-state index contributed by atoms with van der Waals surface area (Å²) in [7, 11) is 0. The van der Waals surface area contributed by atoms with E-state index in [1.165, 1.54) is 0 Å². The van der Waals surface area contributed by atoms with Gasteiger partial charge in [-0.3, -0.25) is 0 Å². The lowest BCUT2D eigenvalue weighted by Crippen LogP contribution is -2.25. The molecule has 2 N–H and O–H groups in total. The Labute approximate surface area is 143 Å². The van der Waals surface area contributed by atoms with Gasteiger partial charge in [0.05, 0.1) is 13.2 Å². The van der Waals surface area contributed by atoms with Gasteiger partial charge in [0.25, 0.3) is 0 Å². The average molecular weight is 336 g/mol. The molecule has 2 amide bonds. The van der Waals surface area contributed by atoms with Crippen LogP contribution in [-0.4, -0.2) is 25.4 Å². The zero-order chi connectivity index (χ0) is 17.6. The molecule has 0 unspecified atom stereocenters. The number of carbonyl (C=O) groups excluding carboxylic acids is 2. The van der Waals surface area contributed by atoms with Crippen molar-refractivity contribution < 1.29 is 19.1 Å². The molecule has 0 aromatic heterocycles. The van der Waals surface area contributed by atoms with Gasteiger partial charge in [0, 0.05) is 13.1 Å². The van der Waals surface area contributed by atoms with Crippen LogP contribution >= 0.6 is 0 Å². The van der Waals surface area contributed by atoms with Crippen molar-refractivity contribution in [2.75, 3.05) is 13.2 Å². The molecule has 0 spiro atoms. The third kappa shape index (κ3) is 9.02. The van der Waals surface area contributed by atoms with Crippen molar-refractivity contribution in [1.82, 2.24) is 10.6 Å². The summed E-state index contributed by atoms with van der Waals surface area (Å²) in [6, 6.07) is 7.64. The minimum absolute atomic E-state index is 0.389. The summed E-state index contributed by atoms with van der Waals surface area (Å²) in [5.74, 6) is 0. The van der Waals surface area contributed by atoms with Gasteiger partial charge in [-0.05, 0) is 24.0 Å². The minimum Gasteiger partial charge on any atom is -0.450 e. The number of ether oxygens (including phenoxy) is 2. The summed E-state index contributed by atoms with van der Waals surface area (Å²) in [5, 5.41) is 5.42. The van der Waals surface area contributed by atoms with Gasteiger partial charge < -0.3 is 20.1 Å². The molecule has 0 aliphatic carbocycles. The predicted octanol–water partition coefficient (Wildman–Crippen LogP) is 3.74. The standard InChI is InChI=1S/C18H28N2O4/c1-3-5-10-23-17(21)19-13-15-8-7-9-16(12-15)14-20-18(22)24-11-6-4-2/h7-9,12H,3-6,10-11,13-14H2,1-2H3,(H,19,21)(H,20,22). The fraction of sp³-hybridized carbons (Fsp3) is 0.556. The molecule has 0 aliphatic heterocycles. The van der Waals surface area contributed by atoms with Gasteiger partial charge >= 0.3 is 12.2 Å². The van der Waals surface area contributed by atoms with Crippen molar-refractivity contribution in [3.8, 4) is 0 Å². The molecule has 0 saturated heterocycles. The summed E-state index contributed by atoms with van der Waals surface area (Å²) < 4.78 is 10.1. The van der Waals surface area contributed by atoms with Gasteiger partial charge in [-0.1, -0.05) is 51.0 Å². The van der Waals surface area contributed by atoms with Crippen LogP contribution in [0.3, 0.4) is 0 Å². The first-order valence-electron chi connectivity index (χ1n) is 8.54. The Morgan fingerprint density at radius 1 is 0.875 bits per heavy atom. The third-order valence-electron chi connectivity index (χ3n) is 3.33. The predicted molar refractivity (Wildman–Crippen MR) is 92.6 cm³/mol. The van der Waals surface area contributed by atoms with E-state index >= 15 is 0 Å². The van der Waals surface area contributed by atoms with Gasteiger partial charge in [-0.25, -0.2) is 9.59 Å². The van der Waals surface area contributed by atoms with E-state index < -0.39 is 12.2 Å². The molecule has 6 nitrogen and oxygen atoms in total. The van der Waals surface area contributed by atoms with E-state index in [1.54, 1.807) is 0 Å². The van der Waals surface area contributed by atoms with Gasteiger partial charge in [0.1, 0.15) is 0 Å². The highest BCUT2D eigenvalue weighted by Gasteiger charge is 2.04. The van der Waals surface area contributed by atoms with Crippen LogP contribution in [0.25, 0.3) is 0 Å². The van der Waals surface area contributed by atoms with Gasteiger partial charge in [-0.15, -0.1) is 0 Å². The highest BCUT2D eigenvalue weighted by atomic mass is 16.6. The molecule has 6 heteroatoms.